The first-order chi connectivity index (χ1) is 8.61. The number of amides is 1. The van der Waals surface area contributed by atoms with Crippen LogP contribution in [0.4, 0.5) is 0 Å². The van der Waals surface area contributed by atoms with Crippen molar-refractivity contribution in [2.24, 2.45) is 5.73 Å². The van der Waals surface area contributed by atoms with Crippen molar-refractivity contribution < 1.29 is 14.7 Å². The molecule has 5 nitrogen and oxygen atoms in total. The number of fused-ring (bicyclic) bond motifs is 1. The van der Waals surface area contributed by atoms with Crippen LogP contribution in [-0.4, -0.2) is 55.1 Å². The molecule has 3 rings (SSSR count). The first-order valence-electron chi connectivity index (χ1n) is 5.51. The number of carboxylic acid groups (broad SMARTS) is 1. The number of aliphatic carboxylic acids is 1. The summed E-state index contributed by atoms with van der Waals surface area (Å²) >= 11 is 5.09. The number of nitrogens with zero attached hydrogens (tertiary/aromatic N) is 1. The number of hydrogen-bond donors (Lipinski definition) is 2. The molecule has 3 aliphatic heterocycles. The van der Waals surface area contributed by atoms with Crippen LogP contribution >= 0.6 is 35.3 Å². The lowest BCUT2D eigenvalue weighted by Gasteiger charge is -2.48. The first kappa shape index (κ1) is 12.7. The quantitative estimate of drug-likeness (QED) is 0.713. The van der Waals surface area contributed by atoms with E-state index in [0.29, 0.717) is 5.75 Å². The lowest BCUT2D eigenvalue weighted by atomic mass is 10.0. The standard InChI is InChI=1S/C10H12N2O3S3/c11-5-7(13)12-6(9(14)15)4(3-18-8(5)12)10-16-1-2-17-10/h5,8,10H,1-3,11H2,(H,14,15)/t5?,8-/m0/s1. The summed E-state index contributed by atoms with van der Waals surface area (Å²) in [5, 5.41) is 9.18. The molecule has 98 valence electrons. The second kappa shape index (κ2) is 4.66. The van der Waals surface area contributed by atoms with Gasteiger partial charge in [0.1, 0.15) is 17.1 Å². The van der Waals surface area contributed by atoms with E-state index in [1.165, 1.54) is 4.90 Å². The van der Waals surface area contributed by atoms with Gasteiger partial charge in [0.15, 0.2) is 0 Å². The highest BCUT2D eigenvalue weighted by Gasteiger charge is 2.52. The van der Waals surface area contributed by atoms with Gasteiger partial charge in [0.25, 0.3) is 0 Å². The summed E-state index contributed by atoms with van der Waals surface area (Å²) in [4.78, 5) is 24.6. The largest absolute Gasteiger partial charge is 0.477 e. The van der Waals surface area contributed by atoms with E-state index in [2.05, 4.69) is 0 Å². The van der Waals surface area contributed by atoms with E-state index in [1.54, 1.807) is 35.3 Å². The van der Waals surface area contributed by atoms with Crippen molar-refractivity contribution in [1.29, 1.82) is 0 Å². The summed E-state index contributed by atoms with van der Waals surface area (Å²) < 4.78 is 0.175. The topological polar surface area (TPSA) is 83.6 Å². The summed E-state index contributed by atoms with van der Waals surface area (Å²) in [6.07, 6.45) is 0. The fraction of sp³-hybridized carbons (Fsp3) is 0.600. The molecule has 0 radical (unpaired) electrons. The molecule has 0 aromatic rings. The van der Waals surface area contributed by atoms with Gasteiger partial charge < -0.3 is 10.8 Å². The van der Waals surface area contributed by atoms with Gasteiger partial charge in [-0.05, 0) is 5.57 Å². The predicted molar refractivity (Wildman–Crippen MR) is 74.4 cm³/mol. The van der Waals surface area contributed by atoms with Gasteiger partial charge in [0.2, 0.25) is 5.91 Å². The second-order valence-corrected chi connectivity index (χ2v) is 8.02. The zero-order chi connectivity index (χ0) is 12.9. The Morgan fingerprint density at radius 2 is 2.00 bits per heavy atom. The summed E-state index contributed by atoms with van der Waals surface area (Å²) in [6.45, 7) is 0. The normalized spacial score (nSPS) is 32.5. The highest BCUT2D eigenvalue weighted by molar-refractivity contribution is 8.20. The Balaban J connectivity index is 1.97. The number of carboxylic acids is 1. The minimum absolute atomic E-state index is 0.175. The molecule has 2 atom stereocenters. The zero-order valence-electron chi connectivity index (χ0n) is 9.37. The number of rotatable bonds is 2. The molecule has 1 unspecified atom stereocenters. The van der Waals surface area contributed by atoms with Crippen molar-refractivity contribution in [1.82, 2.24) is 4.90 Å². The fourth-order valence-corrected chi connectivity index (χ4v) is 6.78. The minimum Gasteiger partial charge on any atom is -0.477 e. The van der Waals surface area contributed by atoms with E-state index < -0.39 is 12.0 Å². The molecule has 2 fully saturated rings. The van der Waals surface area contributed by atoms with E-state index >= 15 is 0 Å². The van der Waals surface area contributed by atoms with Gasteiger partial charge in [0, 0.05) is 17.3 Å². The highest BCUT2D eigenvalue weighted by Crippen LogP contribution is 2.46. The first-order valence-corrected chi connectivity index (χ1v) is 8.65. The van der Waals surface area contributed by atoms with Crippen LogP contribution < -0.4 is 5.73 Å². The molecule has 8 heteroatoms. The minimum atomic E-state index is -1.01. The average molecular weight is 304 g/mol. The average Bonchev–Trinajstić information content (AvgIpc) is 2.89. The van der Waals surface area contributed by atoms with Gasteiger partial charge in [0.05, 0.1) is 4.58 Å². The number of thioether (sulfide) groups is 3. The SMILES string of the molecule is NC1C(=O)N2C(C(=O)O)=C(C3SCCS3)CS[C@@H]12. The highest BCUT2D eigenvalue weighted by atomic mass is 32.2. The van der Waals surface area contributed by atoms with Crippen LogP contribution in [0.2, 0.25) is 0 Å². The van der Waals surface area contributed by atoms with Crippen LogP contribution in [0, 0.1) is 0 Å². The third kappa shape index (κ3) is 1.77. The predicted octanol–water partition coefficient (Wildman–Crippen LogP) is 0.374. The zero-order valence-corrected chi connectivity index (χ0v) is 11.8. The molecule has 18 heavy (non-hydrogen) atoms. The van der Waals surface area contributed by atoms with Crippen LogP contribution in [0.15, 0.2) is 11.3 Å². The Morgan fingerprint density at radius 3 is 2.61 bits per heavy atom. The molecule has 3 aliphatic rings. The lowest BCUT2D eigenvalue weighted by molar-refractivity contribution is -0.147. The smallest absolute Gasteiger partial charge is 0.352 e. The third-order valence-electron chi connectivity index (χ3n) is 3.15. The van der Waals surface area contributed by atoms with Crippen LogP contribution in [0.25, 0.3) is 0 Å². The summed E-state index contributed by atoms with van der Waals surface area (Å²) in [5.74, 6) is 1.45. The maximum Gasteiger partial charge on any atom is 0.352 e. The van der Waals surface area contributed by atoms with Gasteiger partial charge in [-0.25, -0.2) is 4.79 Å². The van der Waals surface area contributed by atoms with Crippen molar-refractivity contribution in [3.63, 3.8) is 0 Å². The Bertz CT molecular complexity index is 448. The maximum absolute atomic E-state index is 11.7. The molecule has 0 aromatic carbocycles. The summed E-state index contributed by atoms with van der Waals surface area (Å²) in [7, 11) is 0. The van der Waals surface area contributed by atoms with Gasteiger partial charge >= 0.3 is 5.97 Å². The molecule has 0 saturated carbocycles. The number of carbonyl (C=O) groups is 2. The van der Waals surface area contributed by atoms with Gasteiger partial charge in [-0.1, -0.05) is 0 Å². The summed E-state index contributed by atoms with van der Waals surface area (Å²) in [6, 6.07) is -0.546. The number of carbonyl (C=O) groups excluding carboxylic acids is 1. The summed E-state index contributed by atoms with van der Waals surface area (Å²) in [5.41, 5.74) is 6.75. The Hall–Kier alpha value is -0.310. The van der Waals surface area contributed by atoms with E-state index in [9.17, 15) is 14.7 Å². The lowest BCUT2D eigenvalue weighted by Crippen LogP contribution is -2.68. The van der Waals surface area contributed by atoms with Crippen LogP contribution in [0.3, 0.4) is 0 Å². The molecule has 0 bridgehead atoms. The number of nitrogens with two attached hydrogens (primary N) is 1. The van der Waals surface area contributed by atoms with Crippen molar-refractivity contribution >= 4 is 47.2 Å². The number of β-lactam (4-membered cyclic amide) rings is 1. The Labute approximate surface area is 117 Å². The van der Waals surface area contributed by atoms with Gasteiger partial charge in [-0.2, -0.15) is 0 Å². The van der Waals surface area contributed by atoms with Crippen LogP contribution in [0.1, 0.15) is 0 Å². The Kier molecular flexibility index (Phi) is 3.29. The Morgan fingerprint density at radius 1 is 1.33 bits per heavy atom. The van der Waals surface area contributed by atoms with Crippen LogP contribution in [-0.2, 0) is 9.59 Å². The number of hydrogen-bond acceptors (Lipinski definition) is 6. The van der Waals surface area contributed by atoms with Crippen molar-refractivity contribution in [3.05, 3.63) is 11.3 Å². The van der Waals surface area contributed by atoms with E-state index in [0.717, 1.165) is 17.1 Å². The van der Waals surface area contributed by atoms with Gasteiger partial charge in [-0.15, -0.1) is 35.3 Å². The molecule has 0 spiro atoms. The van der Waals surface area contributed by atoms with Crippen molar-refractivity contribution in [2.45, 2.75) is 16.0 Å². The molecular weight excluding hydrogens is 292 g/mol. The molecular formula is C10H12N2O3S3. The monoisotopic (exact) mass is 304 g/mol. The third-order valence-corrected chi connectivity index (χ3v) is 7.60. The molecule has 1 amide bonds. The molecule has 3 N–H and O–H groups in total. The van der Waals surface area contributed by atoms with Gasteiger partial charge in [-0.3, -0.25) is 9.69 Å². The van der Waals surface area contributed by atoms with Crippen LogP contribution in [0.5, 0.6) is 0 Å². The second-order valence-electron chi connectivity index (χ2n) is 4.19. The van der Waals surface area contributed by atoms with Crippen molar-refractivity contribution in [3.8, 4) is 0 Å². The van der Waals surface area contributed by atoms with E-state index in [1.807, 2.05) is 0 Å². The molecule has 0 aliphatic carbocycles. The fourth-order valence-electron chi connectivity index (χ4n) is 2.28. The van der Waals surface area contributed by atoms with E-state index in [-0.39, 0.29) is 21.6 Å². The maximum atomic E-state index is 11.7. The molecule has 0 aromatic heterocycles. The van der Waals surface area contributed by atoms with Crippen molar-refractivity contribution in [2.75, 3.05) is 17.3 Å². The molecule has 2 saturated heterocycles. The van der Waals surface area contributed by atoms with E-state index in [4.69, 9.17) is 5.73 Å². The molecule has 3 heterocycles.